The molecule has 276 valence electrons. The Morgan fingerprint density at radius 2 is 2.08 bits per heavy atom. The third-order valence-corrected chi connectivity index (χ3v) is 13.8. The fourth-order valence-corrected chi connectivity index (χ4v) is 10.6. The van der Waals surface area contributed by atoms with Gasteiger partial charge in [-0.15, -0.1) is 22.7 Å². The van der Waals surface area contributed by atoms with Crippen molar-refractivity contribution in [1.29, 1.82) is 0 Å². The zero-order valence-corrected chi connectivity index (χ0v) is 32.7. The summed E-state index contributed by atoms with van der Waals surface area (Å²) < 4.78 is 14.2. The molecule has 0 radical (unpaired) electrons. The van der Waals surface area contributed by atoms with Crippen LogP contribution in [0.4, 0.5) is 0 Å². The first kappa shape index (κ1) is 35.7. The van der Waals surface area contributed by atoms with Crippen LogP contribution < -0.4 is 10.7 Å². The molecule has 3 fully saturated rings. The lowest BCUT2D eigenvalue weighted by Gasteiger charge is -2.35. The van der Waals surface area contributed by atoms with E-state index in [0.717, 1.165) is 61.2 Å². The molecule has 2 aliphatic carbocycles. The number of esters is 1. The highest BCUT2D eigenvalue weighted by molar-refractivity contribution is 7.23. The number of cyclic esters (lactones) is 1. The van der Waals surface area contributed by atoms with Gasteiger partial charge >= 0.3 is 5.97 Å². The molecule has 8 rings (SSSR count). The number of hydrazine groups is 1. The molecule has 52 heavy (non-hydrogen) atoms. The van der Waals surface area contributed by atoms with Gasteiger partial charge in [-0.2, -0.15) is 0 Å². The van der Waals surface area contributed by atoms with Crippen LogP contribution in [0.25, 0.3) is 32.0 Å². The van der Waals surface area contributed by atoms with E-state index in [9.17, 15) is 14.4 Å². The fourth-order valence-electron chi connectivity index (χ4n) is 7.98. The molecule has 4 aliphatic rings. The van der Waals surface area contributed by atoms with Crippen molar-refractivity contribution in [2.24, 2.45) is 29.1 Å². The van der Waals surface area contributed by atoms with Gasteiger partial charge in [-0.3, -0.25) is 24.4 Å². The third-order valence-electron chi connectivity index (χ3n) is 11.2. The minimum absolute atomic E-state index is 0.0951. The van der Waals surface area contributed by atoms with Gasteiger partial charge in [-0.25, -0.2) is 10.4 Å². The van der Waals surface area contributed by atoms with Crippen LogP contribution in [0.5, 0.6) is 0 Å². The predicted octanol–water partition coefficient (Wildman–Crippen LogP) is 6.43. The largest absolute Gasteiger partial charge is 0.464 e. The van der Waals surface area contributed by atoms with Gasteiger partial charge < -0.3 is 19.4 Å². The minimum atomic E-state index is -0.837. The fraction of sp³-hybridized carbons (Fsp3) is 0.553. The molecule has 2 N–H and O–H groups in total. The number of methoxy groups -OCH3 is 1. The number of pyridine rings is 1. The van der Waals surface area contributed by atoms with Crippen molar-refractivity contribution >= 4 is 62.3 Å². The first-order valence-corrected chi connectivity index (χ1v) is 20.3. The van der Waals surface area contributed by atoms with Gasteiger partial charge in [-0.1, -0.05) is 32.4 Å². The number of thiazole rings is 1. The molecule has 4 aromatic rings. The Labute approximate surface area is 316 Å². The van der Waals surface area contributed by atoms with Crippen molar-refractivity contribution in [3.8, 4) is 21.8 Å². The summed E-state index contributed by atoms with van der Waals surface area (Å²) >= 11 is 10.5. The normalized spacial score (nSPS) is 27.5. The Kier molecular flexibility index (Phi) is 9.25. The summed E-state index contributed by atoms with van der Waals surface area (Å²) in [6, 6.07) is 2.56. The second-order valence-electron chi connectivity index (χ2n) is 15.7. The minimum Gasteiger partial charge on any atom is -0.464 e. The van der Waals surface area contributed by atoms with E-state index in [2.05, 4.69) is 42.1 Å². The monoisotopic (exact) mass is 764 g/mol. The summed E-state index contributed by atoms with van der Waals surface area (Å²) in [7, 11) is 1.69. The molecular weight excluding hydrogens is 720 g/mol. The SMILES string of the molecule is CCn1c(-c2cccnc2C(C)OC)c2c3c(Cl)c(sc31)-c1csc(n1)CC(NC(=O)C1CC1C)C(=O)N1CC3CC3C(N1)C(=O)OCC(C)(C)C2. The number of nitrogens with one attached hydrogen (secondary N) is 2. The summed E-state index contributed by atoms with van der Waals surface area (Å²) in [5.41, 5.74) is 7.39. The number of rotatable bonds is 6. The quantitative estimate of drug-likeness (QED) is 0.215. The van der Waals surface area contributed by atoms with E-state index in [1.54, 1.807) is 24.6 Å². The zero-order chi connectivity index (χ0) is 36.6. The van der Waals surface area contributed by atoms with Crippen molar-refractivity contribution in [3.05, 3.63) is 45.0 Å². The summed E-state index contributed by atoms with van der Waals surface area (Å²) in [4.78, 5) is 52.9. The van der Waals surface area contributed by atoms with Crippen LogP contribution in [0.15, 0.2) is 23.7 Å². The summed E-state index contributed by atoms with van der Waals surface area (Å²) in [6.45, 7) is 11.7. The molecule has 2 aliphatic heterocycles. The zero-order valence-electron chi connectivity index (χ0n) is 30.3. The van der Waals surface area contributed by atoms with Crippen molar-refractivity contribution in [3.63, 3.8) is 0 Å². The van der Waals surface area contributed by atoms with Gasteiger partial charge in [0.25, 0.3) is 5.91 Å². The average Bonchev–Trinajstić information content (AvgIpc) is 3.95. The van der Waals surface area contributed by atoms with Crippen LogP contribution in [0, 0.1) is 29.1 Å². The molecule has 7 atom stereocenters. The highest BCUT2D eigenvalue weighted by Gasteiger charge is 2.53. The van der Waals surface area contributed by atoms with E-state index in [0.29, 0.717) is 30.5 Å². The van der Waals surface area contributed by atoms with Crippen LogP contribution in [0.3, 0.4) is 0 Å². The molecule has 2 saturated carbocycles. The molecule has 7 unspecified atom stereocenters. The Balaban J connectivity index is 1.26. The molecule has 6 heterocycles. The maximum Gasteiger partial charge on any atom is 0.325 e. The maximum atomic E-state index is 14.2. The lowest BCUT2D eigenvalue weighted by Crippen LogP contribution is -2.61. The lowest BCUT2D eigenvalue weighted by atomic mass is 9.84. The number of nitrogens with zero attached hydrogens (tertiary/aromatic N) is 4. The number of ether oxygens (including phenoxy) is 2. The van der Waals surface area contributed by atoms with E-state index < -0.39 is 17.5 Å². The number of aryl methyl sites for hydroxylation is 1. The van der Waals surface area contributed by atoms with Crippen molar-refractivity contribution in [2.75, 3.05) is 20.3 Å². The summed E-state index contributed by atoms with van der Waals surface area (Å²) in [5.74, 6) is -0.249. The molecular formula is C38H45ClN6O5S2. The number of hydrogen-bond donors (Lipinski definition) is 2. The van der Waals surface area contributed by atoms with Crippen molar-refractivity contribution < 1.29 is 23.9 Å². The van der Waals surface area contributed by atoms with E-state index in [1.165, 1.54) is 16.3 Å². The molecule has 6 bridgehead atoms. The first-order valence-electron chi connectivity index (χ1n) is 18.2. The molecule has 0 aromatic carbocycles. The Morgan fingerprint density at radius 1 is 1.29 bits per heavy atom. The Morgan fingerprint density at radius 3 is 2.81 bits per heavy atom. The number of fused-ring (bicyclic) bond motifs is 8. The number of hydrogen-bond acceptors (Lipinski definition) is 10. The van der Waals surface area contributed by atoms with E-state index in [4.69, 9.17) is 31.0 Å². The van der Waals surface area contributed by atoms with Crippen LogP contribution in [-0.2, 0) is 43.2 Å². The molecule has 2 amide bonds. The predicted molar refractivity (Wildman–Crippen MR) is 202 cm³/mol. The number of carbonyl (C=O) groups is 3. The standard InChI is InChI=1S/C38H45ClN6O5S2/c1-7-44-32(21-9-8-10-40-30(21)19(3)49-6)24-14-38(4,5)17-50-37(48)31-23-12-20(23)15-45(43-31)35(47)25(42-34(46)22-11-18(22)2)13-27-41-26(16-51-27)33-29(39)28(24)36(44)52-33/h8-10,16,18-20,22-23,25,31,43H,7,11-15,17H2,1-6H3,(H,42,46). The molecule has 4 aromatic heterocycles. The number of halogens is 1. The van der Waals surface area contributed by atoms with Gasteiger partial charge in [-0.05, 0) is 68.6 Å². The van der Waals surface area contributed by atoms with E-state index in [-0.39, 0.29) is 54.7 Å². The maximum absolute atomic E-state index is 14.2. The number of aromatic nitrogens is 3. The van der Waals surface area contributed by atoms with Crippen LogP contribution >= 0.6 is 34.3 Å². The first-order chi connectivity index (χ1) is 24.9. The topological polar surface area (TPSA) is 128 Å². The van der Waals surface area contributed by atoms with Crippen molar-refractivity contribution in [1.82, 2.24) is 30.3 Å². The average molecular weight is 765 g/mol. The van der Waals surface area contributed by atoms with Crippen LogP contribution in [0.1, 0.15) is 69.8 Å². The number of amides is 2. The van der Waals surface area contributed by atoms with Crippen LogP contribution in [0.2, 0.25) is 5.02 Å². The lowest BCUT2D eigenvalue weighted by molar-refractivity contribution is -0.156. The number of carbonyl (C=O) groups excluding carboxylic acids is 3. The van der Waals surface area contributed by atoms with E-state index in [1.807, 2.05) is 25.3 Å². The van der Waals surface area contributed by atoms with Gasteiger partial charge in [0, 0.05) is 60.5 Å². The molecule has 0 spiro atoms. The molecule has 11 nitrogen and oxygen atoms in total. The van der Waals surface area contributed by atoms with Crippen LogP contribution in [-0.4, -0.2) is 69.7 Å². The Bertz CT molecular complexity index is 2070. The van der Waals surface area contributed by atoms with Gasteiger partial charge in [0.2, 0.25) is 5.91 Å². The summed E-state index contributed by atoms with van der Waals surface area (Å²) in [5, 5.41) is 8.87. The second-order valence-corrected chi connectivity index (χ2v) is 18.0. The van der Waals surface area contributed by atoms with Gasteiger partial charge in [0.15, 0.2) is 0 Å². The van der Waals surface area contributed by atoms with Crippen molar-refractivity contribution in [2.45, 2.75) is 85.0 Å². The Hall–Kier alpha value is -3.36. The van der Waals surface area contributed by atoms with Gasteiger partial charge in [0.05, 0.1) is 44.7 Å². The highest BCUT2D eigenvalue weighted by Crippen LogP contribution is 2.50. The molecule has 14 heteroatoms. The smallest absolute Gasteiger partial charge is 0.325 e. The molecule has 1 saturated heterocycles. The van der Waals surface area contributed by atoms with Gasteiger partial charge in [0.1, 0.15) is 16.9 Å². The van der Waals surface area contributed by atoms with E-state index >= 15 is 0 Å². The highest BCUT2D eigenvalue weighted by atomic mass is 35.5. The second kappa shape index (κ2) is 13.5. The number of thiophene rings is 1. The summed E-state index contributed by atoms with van der Waals surface area (Å²) in [6.07, 6.45) is 4.00. The third kappa shape index (κ3) is 6.36.